The summed E-state index contributed by atoms with van der Waals surface area (Å²) in [5, 5.41) is 10.2. The van der Waals surface area contributed by atoms with E-state index in [1.165, 1.54) is 11.1 Å². The summed E-state index contributed by atoms with van der Waals surface area (Å²) < 4.78 is 11.4. The van der Waals surface area contributed by atoms with Crippen molar-refractivity contribution in [2.75, 3.05) is 23.0 Å². The monoisotopic (exact) mass is 782 g/mol. The molecule has 6 nitrogen and oxygen atoms in total. The van der Waals surface area contributed by atoms with Crippen LogP contribution in [0.3, 0.4) is 0 Å². The molecule has 0 amide bonds. The van der Waals surface area contributed by atoms with Gasteiger partial charge in [0.05, 0.1) is 31.4 Å². The predicted octanol–water partition coefficient (Wildman–Crippen LogP) is 14.8. The normalized spacial score (nSPS) is 11.0. The average molecular weight is 783 g/mol. The summed E-state index contributed by atoms with van der Waals surface area (Å²) in [6.45, 7) is 17.3. The second kappa shape index (κ2) is 19.1. The Hall–Kier alpha value is -7.80. The zero-order chi connectivity index (χ0) is 41.8. The standard InChI is InChI=1S/C54H46N4O2/c1-6-59-52-32-28-50(29-33-52)58(51-30-34-53(35-31-51)60-7-2)49-24-14-41(15-25-49)12-18-43-37-54(56-5)44(36-45(43)38-55)19-13-42-16-26-48(27-17-42)57(46-20-8-39(3)9-21-46)47-22-10-40(4)11-23-47/h8-37H,6-7H2,1-4H3/b18-12+,19-13+. The lowest BCUT2D eigenvalue weighted by Gasteiger charge is -2.26. The van der Waals surface area contributed by atoms with Crippen LogP contribution in [0.5, 0.6) is 11.5 Å². The molecule has 6 heteroatoms. The zero-order valence-electron chi connectivity index (χ0n) is 34.3. The molecule has 7 aromatic carbocycles. The molecule has 0 N–H and O–H groups in total. The van der Waals surface area contributed by atoms with Crippen LogP contribution in [-0.2, 0) is 0 Å². The van der Waals surface area contributed by atoms with E-state index >= 15 is 0 Å². The molecule has 0 saturated heterocycles. The highest BCUT2D eigenvalue weighted by Crippen LogP contribution is 2.38. The van der Waals surface area contributed by atoms with E-state index in [9.17, 15) is 5.26 Å². The van der Waals surface area contributed by atoms with Gasteiger partial charge in [-0.2, -0.15) is 5.26 Å². The van der Waals surface area contributed by atoms with Gasteiger partial charge in [-0.25, -0.2) is 4.85 Å². The largest absolute Gasteiger partial charge is 0.494 e. The molecule has 0 unspecified atom stereocenters. The van der Waals surface area contributed by atoms with Gasteiger partial charge in [-0.1, -0.05) is 84.0 Å². The maximum atomic E-state index is 10.2. The van der Waals surface area contributed by atoms with E-state index in [2.05, 4.69) is 144 Å². The topological polar surface area (TPSA) is 53.1 Å². The van der Waals surface area contributed by atoms with Crippen LogP contribution < -0.4 is 19.3 Å². The molecule has 7 rings (SSSR count). The summed E-state index contributed by atoms with van der Waals surface area (Å²) in [6.07, 6.45) is 7.77. The Balaban J connectivity index is 1.10. The number of hydrogen-bond acceptors (Lipinski definition) is 5. The molecule has 0 aliphatic heterocycles. The SMILES string of the molecule is [C-]#[N+]c1cc(/C=C/c2ccc(N(c3ccc(OCC)cc3)c3ccc(OCC)cc3)cc2)c(C#N)cc1/C=C/c1ccc(N(c2ccc(C)cc2)c2ccc(C)cc2)cc1. The smallest absolute Gasteiger partial charge is 0.194 e. The molecule has 0 radical (unpaired) electrons. The number of nitriles is 1. The van der Waals surface area contributed by atoms with Crippen LogP contribution in [-0.4, -0.2) is 13.2 Å². The van der Waals surface area contributed by atoms with E-state index in [4.69, 9.17) is 16.0 Å². The van der Waals surface area contributed by atoms with Crippen molar-refractivity contribution in [2.24, 2.45) is 0 Å². The van der Waals surface area contributed by atoms with Crippen LogP contribution in [0.25, 0.3) is 29.1 Å². The molecule has 0 heterocycles. The Morgan fingerprint density at radius 3 is 1.20 bits per heavy atom. The first-order valence-corrected chi connectivity index (χ1v) is 20.1. The van der Waals surface area contributed by atoms with Crippen LogP contribution in [0, 0.1) is 31.8 Å². The number of nitrogens with zero attached hydrogens (tertiary/aromatic N) is 4. The van der Waals surface area contributed by atoms with Gasteiger partial charge in [0.15, 0.2) is 5.69 Å². The third-order valence-electron chi connectivity index (χ3n) is 10.0. The molecular formula is C54H46N4O2. The molecule has 0 bridgehead atoms. The van der Waals surface area contributed by atoms with Crippen molar-refractivity contribution in [1.82, 2.24) is 0 Å². The third-order valence-corrected chi connectivity index (χ3v) is 10.0. The van der Waals surface area contributed by atoms with E-state index in [1.54, 1.807) is 12.1 Å². The van der Waals surface area contributed by atoms with Gasteiger partial charge in [0.2, 0.25) is 0 Å². The average Bonchev–Trinajstić information content (AvgIpc) is 3.28. The first-order chi connectivity index (χ1) is 29.3. The number of benzene rings is 7. The summed E-state index contributed by atoms with van der Waals surface area (Å²) in [5.41, 5.74) is 12.9. The number of hydrogen-bond donors (Lipinski definition) is 0. The van der Waals surface area contributed by atoms with Gasteiger partial charge in [0.1, 0.15) is 11.5 Å². The van der Waals surface area contributed by atoms with Crippen LogP contribution in [0.1, 0.15) is 52.8 Å². The molecule has 60 heavy (non-hydrogen) atoms. The molecule has 0 fully saturated rings. The maximum Gasteiger partial charge on any atom is 0.194 e. The van der Waals surface area contributed by atoms with Crippen molar-refractivity contribution in [3.8, 4) is 17.6 Å². The van der Waals surface area contributed by atoms with Gasteiger partial charge in [0.25, 0.3) is 0 Å². The van der Waals surface area contributed by atoms with Crippen LogP contribution in [0.4, 0.5) is 39.8 Å². The summed E-state index contributed by atoms with van der Waals surface area (Å²) in [4.78, 5) is 8.26. The number of ether oxygens (including phenoxy) is 2. The molecule has 0 aliphatic rings. The minimum absolute atomic E-state index is 0.475. The summed E-state index contributed by atoms with van der Waals surface area (Å²) >= 11 is 0. The summed E-state index contributed by atoms with van der Waals surface area (Å²) in [5.74, 6) is 1.64. The highest BCUT2D eigenvalue weighted by Gasteiger charge is 2.15. The van der Waals surface area contributed by atoms with Crippen molar-refractivity contribution in [3.05, 3.63) is 208 Å². The number of aryl methyl sites for hydroxylation is 2. The minimum Gasteiger partial charge on any atom is -0.494 e. The molecule has 0 atom stereocenters. The van der Waals surface area contributed by atoms with Crippen LogP contribution >= 0.6 is 0 Å². The molecule has 7 aromatic rings. The first kappa shape index (κ1) is 40.4. The van der Waals surface area contributed by atoms with Crippen LogP contribution in [0.15, 0.2) is 158 Å². The Kier molecular flexibility index (Phi) is 12.9. The van der Waals surface area contributed by atoms with Crippen LogP contribution in [0.2, 0.25) is 0 Å². The van der Waals surface area contributed by atoms with Gasteiger partial charge < -0.3 is 19.3 Å². The fraction of sp³-hybridized carbons (Fsp3) is 0.111. The Morgan fingerprint density at radius 2 is 0.850 bits per heavy atom. The van der Waals surface area contributed by atoms with Gasteiger partial charge in [-0.05, 0) is 159 Å². The second-order valence-electron chi connectivity index (χ2n) is 14.3. The zero-order valence-corrected chi connectivity index (χ0v) is 34.3. The Morgan fingerprint density at radius 1 is 0.500 bits per heavy atom. The van der Waals surface area contributed by atoms with Crippen molar-refractivity contribution >= 4 is 64.1 Å². The Bertz CT molecular complexity index is 2570. The predicted molar refractivity (Wildman–Crippen MR) is 249 cm³/mol. The fourth-order valence-electron chi connectivity index (χ4n) is 6.93. The molecule has 0 spiro atoms. The molecular weight excluding hydrogens is 737 g/mol. The second-order valence-corrected chi connectivity index (χ2v) is 14.3. The van der Waals surface area contributed by atoms with E-state index in [-0.39, 0.29) is 0 Å². The van der Waals surface area contributed by atoms with E-state index in [0.29, 0.717) is 35.6 Å². The lowest BCUT2D eigenvalue weighted by atomic mass is 10.0. The van der Waals surface area contributed by atoms with Gasteiger partial charge >= 0.3 is 0 Å². The van der Waals surface area contributed by atoms with Gasteiger partial charge in [-0.15, -0.1) is 0 Å². The fourth-order valence-corrected chi connectivity index (χ4v) is 6.93. The van der Waals surface area contributed by atoms with E-state index < -0.39 is 0 Å². The van der Waals surface area contributed by atoms with Crippen molar-refractivity contribution in [1.29, 1.82) is 5.26 Å². The molecule has 0 saturated carbocycles. The summed E-state index contributed by atoms with van der Waals surface area (Å²) in [6, 6.07) is 55.7. The highest BCUT2D eigenvalue weighted by molar-refractivity contribution is 5.84. The van der Waals surface area contributed by atoms with Crippen molar-refractivity contribution in [2.45, 2.75) is 27.7 Å². The highest BCUT2D eigenvalue weighted by atomic mass is 16.5. The van der Waals surface area contributed by atoms with E-state index in [0.717, 1.165) is 56.8 Å². The quantitative estimate of drug-likeness (QED) is 0.0812. The minimum atomic E-state index is 0.475. The molecule has 294 valence electrons. The van der Waals surface area contributed by atoms with Crippen molar-refractivity contribution < 1.29 is 9.47 Å². The molecule has 0 aromatic heterocycles. The lowest BCUT2D eigenvalue weighted by Crippen LogP contribution is -2.10. The van der Waals surface area contributed by atoms with Gasteiger partial charge in [0, 0.05) is 34.1 Å². The summed E-state index contributed by atoms with van der Waals surface area (Å²) in [7, 11) is 0. The van der Waals surface area contributed by atoms with E-state index in [1.807, 2.05) is 74.5 Å². The van der Waals surface area contributed by atoms with Gasteiger partial charge in [-0.3, -0.25) is 0 Å². The maximum absolute atomic E-state index is 10.2. The Labute approximate surface area is 354 Å². The molecule has 0 aliphatic carbocycles. The third kappa shape index (κ3) is 9.65. The first-order valence-electron chi connectivity index (χ1n) is 20.1. The number of anilines is 6. The number of rotatable bonds is 14. The lowest BCUT2D eigenvalue weighted by molar-refractivity contribution is 0.340. The van der Waals surface area contributed by atoms with Crippen molar-refractivity contribution in [3.63, 3.8) is 0 Å².